The van der Waals surface area contributed by atoms with E-state index >= 15 is 0 Å². The fourth-order valence-corrected chi connectivity index (χ4v) is 1.07. The minimum atomic E-state index is -1.69. The molecule has 0 aromatic carbocycles. The zero-order valence-corrected chi connectivity index (χ0v) is 7.34. The largest absolute Gasteiger partial charge is 0.491 e. The molecule has 0 spiro atoms. The Balaban J connectivity index is 3.27. The molecule has 4 nitrogen and oxygen atoms in total. The van der Waals surface area contributed by atoms with E-state index in [4.69, 9.17) is 39.0 Å². The molecule has 1 heterocycles. The lowest BCUT2D eigenvalue weighted by atomic mass is 9.81. The summed E-state index contributed by atoms with van der Waals surface area (Å²) in [6, 6.07) is 0. The van der Waals surface area contributed by atoms with Gasteiger partial charge in [-0.3, -0.25) is 0 Å². The van der Waals surface area contributed by atoms with Gasteiger partial charge in [0.25, 0.3) is 0 Å². The Hall–Kier alpha value is -0.485. The summed E-state index contributed by atoms with van der Waals surface area (Å²) in [5.74, 6) is 0.0612. The molecule has 1 aromatic rings. The van der Waals surface area contributed by atoms with E-state index in [0.29, 0.717) is 0 Å². The van der Waals surface area contributed by atoms with Crippen molar-refractivity contribution in [3.8, 4) is 0 Å². The van der Waals surface area contributed by atoms with Gasteiger partial charge >= 0.3 is 7.12 Å². The number of hydrogen-bond acceptors (Lipinski definition) is 4. The van der Waals surface area contributed by atoms with Gasteiger partial charge in [-0.1, -0.05) is 23.2 Å². The van der Waals surface area contributed by atoms with Gasteiger partial charge < -0.3 is 15.8 Å². The van der Waals surface area contributed by atoms with Gasteiger partial charge in [0, 0.05) is 11.7 Å². The minimum Gasteiger partial charge on any atom is -0.423 e. The molecule has 4 N–H and O–H groups in total. The van der Waals surface area contributed by atoms with Crippen LogP contribution in [0, 0.1) is 0 Å². The van der Waals surface area contributed by atoms with E-state index < -0.39 is 7.12 Å². The van der Waals surface area contributed by atoms with Gasteiger partial charge in [0.15, 0.2) is 0 Å². The molecule has 0 atom stereocenters. The summed E-state index contributed by atoms with van der Waals surface area (Å²) >= 11 is 11.2. The number of rotatable bonds is 1. The van der Waals surface area contributed by atoms with Crippen molar-refractivity contribution >= 4 is 41.6 Å². The summed E-state index contributed by atoms with van der Waals surface area (Å²) in [5.41, 5.74) is 5.34. The zero-order valence-electron chi connectivity index (χ0n) is 5.83. The molecule has 0 amide bonds. The van der Waals surface area contributed by atoms with Crippen LogP contribution in [0.3, 0.4) is 0 Å². The summed E-state index contributed by atoms with van der Waals surface area (Å²) in [6.07, 6.45) is 1.16. The quantitative estimate of drug-likeness (QED) is 0.549. The highest BCUT2D eigenvalue weighted by Crippen LogP contribution is 2.23. The lowest BCUT2D eigenvalue weighted by Crippen LogP contribution is -2.31. The molecule has 64 valence electrons. The summed E-state index contributed by atoms with van der Waals surface area (Å²) in [7, 11) is -1.69. The second kappa shape index (κ2) is 3.49. The SMILES string of the molecule is Nc1ncc(B(O)O)c(Cl)c1Cl. The smallest absolute Gasteiger partial charge is 0.423 e. The third kappa shape index (κ3) is 1.64. The van der Waals surface area contributed by atoms with E-state index in [1.807, 2.05) is 0 Å². The molecule has 0 radical (unpaired) electrons. The molecular formula is C5H5BCl2N2O2. The number of nitrogens with zero attached hydrogens (tertiary/aromatic N) is 1. The van der Waals surface area contributed by atoms with E-state index in [0.717, 1.165) is 6.20 Å². The van der Waals surface area contributed by atoms with Gasteiger partial charge in [0.1, 0.15) is 10.8 Å². The van der Waals surface area contributed by atoms with Crippen LogP contribution in [0.15, 0.2) is 6.20 Å². The lowest BCUT2D eigenvalue weighted by Gasteiger charge is -2.04. The molecule has 1 aromatic heterocycles. The third-order valence-electron chi connectivity index (χ3n) is 1.29. The molecule has 0 aliphatic rings. The number of nitrogen functional groups attached to an aromatic ring is 1. The molecule has 0 saturated carbocycles. The third-order valence-corrected chi connectivity index (χ3v) is 2.18. The second-order valence-electron chi connectivity index (χ2n) is 2.10. The van der Waals surface area contributed by atoms with Gasteiger partial charge in [-0.15, -0.1) is 0 Å². The Morgan fingerprint density at radius 2 is 1.92 bits per heavy atom. The molecule has 0 aliphatic carbocycles. The van der Waals surface area contributed by atoms with Gasteiger partial charge in [-0.05, 0) is 0 Å². The van der Waals surface area contributed by atoms with E-state index in [-0.39, 0.29) is 21.3 Å². The summed E-state index contributed by atoms with van der Waals surface area (Å²) in [5, 5.41) is 17.5. The molecule has 0 fully saturated rings. The van der Waals surface area contributed by atoms with E-state index in [1.165, 1.54) is 0 Å². The average Bonchev–Trinajstić information content (AvgIpc) is 2.00. The maximum Gasteiger partial charge on any atom is 0.491 e. The second-order valence-corrected chi connectivity index (χ2v) is 2.86. The molecular weight excluding hydrogens is 202 g/mol. The molecule has 1 rings (SSSR count). The number of pyridine rings is 1. The van der Waals surface area contributed by atoms with E-state index in [9.17, 15) is 0 Å². The predicted molar refractivity (Wildman–Crippen MR) is 48.5 cm³/mol. The van der Waals surface area contributed by atoms with Crippen LogP contribution >= 0.6 is 23.2 Å². The first kappa shape index (κ1) is 9.60. The first-order valence-corrected chi connectivity index (χ1v) is 3.75. The Labute approximate surface area is 79.1 Å². The number of aromatic nitrogens is 1. The fourth-order valence-electron chi connectivity index (χ4n) is 0.672. The average molecular weight is 207 g/mol. The van der Waals surface area contributed by atoms with Crippen LogP contribution < -0.4 is 11.2 Å². The van der Waals surface area contributed by atoms with E-state index in [2.05, 4.69) is 4.98 Å². The minimum absolute atomic E-state index is 0.0131. The Kier molecular flexibility index (Phi) is 2.79. The highest BCUT2D eigenvalue weighted by atomic mass is 35.5. The van der Waals surface area contributed by atoms with Crippen LogP contribution in [-0.2, 0) is 0 Å². The van der Waals surface area contributed by atoms with Crippen LogP contribution in [0.25, 0.3) is 0 Å². The monoisotopic (exact) mass is 206 g/mol. The van der Waals surface area contributed by atoms with Gasteiger partial charge in [-0.25, -0.2) is 4.98 Å². The van der Waals surface area contributed by atoms with Crippen molar-refractivity contribution in [2.75, 3.05) is 5.73 Å². The predicted octanol–water partition coefficient (Wildman–Crippen LogP) is -0.350. The van der Waals surface area contributed by atoms with Crippen molar-refractivity contribution < 1.29 is 10.0 Å². The standard InChI is InChI=1S/C5H5BCl2N2O2/c7-3-2(6(11)12)1-10-5(9)4(3)8/h1,11-12H,(H2,9,10). The highest BCUT2D eigenvalue weighted by Gasteiger charge is 2.19. The number of nitrogens with two attached hydrogens (primary N) is 1. The maximum absolute atomic E-state index is 8.75. The van der Waals surface area contributed by atoms with Crippen molar-refractivity contribution in [1.82, 2.24) is 4.98 Å². The van der Waals surface area contributed by atoms with Crippen LogP contribution in [0.1, 0.15) is 0 Å². The van der Waals surface area contributed by atoms with E-state index in [1.54, 1.807) is 0 Å². The Bertz CT molecular complexity index is 308. The van der Waals surface area contributed by atoms with Gasteiger partial charge in [0.05, 0.1) is 5.02 Å². The highest BCUT2D eigenvalue weighted by molar-refractivity contribution is 6.64. The van der Waals surface area contributed by atoms with Crippen molar-refractivity contribution in [3.05, 3.63) is 16.2 Å². The van der Waals surface area contributed by atoms with Crippen LogP contribution in [0.4, 0.5) is 5.82 Å². The molecule has 12 heavy (non-hydrogen) atoms. The van der Waals surface area contributed by atoms with Crippen LogP contribution in [0.5, 0.6) is 0 Å². The first-order valence-electron chi connectivity index (χ1n) is 2.99. The van der Waals surface area contributed by atoms with Crippen molar-refractivity contribution in [2.24, 2.45) is 0 Å². The first-order chi connectivity index (χ1) is 5.54. The van der Waals surface area contributed by atoms with Crippen molar-refractivity contribution in [1.29, 1.82) is 0 Å². The van der Waals surface area contributed by atoms with Crippen LogP contribution in [-0.4, -0.2) is 22.2 Å². The number of hydrogen-bond donors (Lipinski definition) is 3. The number of halogens is 2. The molecule has 0 saturated heterocycles. The van der Waals surface area contributed by atoms with Crippen molar-refractivity contribution in [3.63, 3.8) is 0 Å². The van der Waals surface area contributed by atoms with Crippen molar-refractivity contribution in [2.45, 2.75) is 0 Å². The van der Waals surface area contributed by atoms with Gasteiger partial charge in [0.2, 0.25) is 0 Å². The maximum atomic E-state index is 8.75. The summed E-state index contributed by atoms with van der Waals surface area (Å²) in [4.78, 5) is 3.60. The molecule has 0 aliphatic heterocycles. The summed E-state index contributed by atoms with van der Waals surface area (Å²) in [6.45, 7) is 0. The topological polar surface area (TPSA) is 79.4 Å². The lowest BCUT2D eigenvalue weighted by molar-refractivity contribution is 0.425. The normalized spacial score (nSPS) is 10.0. The molecule has 0 unspecified atom stereocenters. The molecule has 0 bridgehead atoms. The van der Waals surface area contributed by atoms with Gasteiger partial charge in [-0.2, -0.15) is 0 Å². The Morgan fingerprint density at radius 3 is 2.42 bits per heavy atom. The van der Waals surface area contributed by atoms with Crippen LogP contribution in [0.2, 0.25) is 10.0 Å². The summed E-state index contributed by atoms with van der Waals surface area (Å²) < 4.78 is 0. The number of anilines is 1. The zero-order chi connectivity index (χ0) is 9.30. The Morgan fingerprint density at radius 1 is 1.33 bits per heavy atom. The fraction of sp³-hybridized carbons (Fsp3) is 0. The molecule has 7 heteroatoms.